The monoisotopic (exact) mass is 440 g/mol. The van der Waals surface area contributed by atoms with Gasteiger partial charge in [0.1, 0.15) is 5.75 Å². The zero-order valence-electron chi connectivity index (χ0n) is 18.9. The fourth-order valence-corrected chi connectivity index (χ4v) is 5.47. The zero-order chi connectivity index (χ0) is 21.9. The number of nitrogens with zero attached hydrogens (tertiary/aromatic N) is 2. The molecule has 3 heterocycles. The smallest absolute Gasteiger partial charge is 0.165 e. The number of benzene rings is 2. The van der Waals surface area contributed by atoms with Crippen LogP contribution in [-0.2, 0) is 4.74 Å². The molecule has 0 saturated carbocycles. The highest BCUT2D eigenvalue weighted by Gasteiger charge is 2.37. The van der Waals surface area contributed by atoms with Gasteiger partial charge in [-0.05, 0) is 66.8 Å². The standard InChI is InChI=1S/C26H33FN2O3/c1-30-26-8-5-19(16-24(26)27)23-18-29-10-2-4-25(29)22-17-20(6-7-21(22)23)32-13-3-9-28-11-14-31-15-12-28/h5-8,16-17,23,25H,2-4,9-15,18H2,1H3/t23-,25-/m1/s1. The van der Waals surface area contributed by atoms with Gasteiger partial charge in [0.25, 0.3) is 0 Å². The van der Waals surface area contributed by atoms with Crippen molar-refractivity contribution in [2.75, 3.05) is 59.7 Å². The number of ether oxygens (including phenoxy) is 3. The van der Waals surface area contributed by atoms with E-state index in [-0.39, 0.29) is 11.7 Å². The van der Waals surface area contributed by atoms with Crippen molar-refractivity contribution >= 4 is 0 Å². The van der Waals surface area contributed by atoms with Gasteiger partial charge in [0.15, 0.2) is 11.6 Å². The zero-order valence-corrected chi connectivity index (χ0v) is 18.9. The quantitative estimate of drug-likeness (QED) is 0.603. The van der Waals surface area contributed by atoms with E-state index < -0.39 is 0 Å². The average Bonchev–Trinajstić information content (AvgIpc) is 3.31. The van der Waals surface area contributed by atoms with E-state index in [4.69, 9.17) is 14.2 Å². The predicted octanol–water partition coefficient (Wildman–Crippen LogP) is 4.22. The lowest BCUT2D eigenvalue weighted by Crippen LogP contribution is -2.37. The lowest BCUT2D eigenvalue weighted by Gasteiger charge is -2.37. The third kappa shape index (κ3) is 4.49. The van der Waals surface area contributed by atoms with Crippen LogP contribution in [0.3, 0.4) is 0 Å². The number of methoxy groups -OCH3 is 1. The minimum Gasteiger partial charge on any atom is -0.494 e. The summed E-state index contributed by atoms with van der Waals surface area (Å²) in [6.45, 7) is 7.51. The van der Waals surface area contributed by atoms with E-state index in [1.807, 2.05) is 6.07 Å². The van der Waals surface area contributed by atoms with Crippen molar-refractivity contribution in [3.63, 3.8) is 0 Å². The Labute approximate surface area is 190 Å². The maximum absolute atomic E-state index is 14.5. The largest absolute Gasteiger partial charge is 0.494 e. The molecule has 2 saturated heterocycles. The first-order valence-electron chi connectivity index (χ1n) is 11.9. The summed E-state index contributed by atoms with van der Waals surface area (Å²) in [6.07, 6.45) is 3.40. The van der Waals surface area contributed by atoms with Crippen molar-refractivity contribution in [3.8, 4) is 11.5 Å². The Kier molecular flexibility index (Phi) is 6.62. The van der Waals surface area contributed by atoms with Crippen LogP contribution in [0.4, 0.5) is 4.39 Å². The van der Waals surface area contributed by atoms with Gasteiger partial charge in [0.2, 0.25) is 0 Å². The first-order valence-corrected chi connectivity index (χ1v) is 11.9. The molecule has 6 heteroatoms. The molecule has 2 aromatic carbocycles. The van der Waals surface area contributed by atoms with Crippen LogP contribution in [0.15, 0.2) is 36.4 Å². The maximum atomic E-state index is 14.5. The van der Waals surface area contributed by atoms with E-state index in [1.54, 1.807) is 12.1 Å². The molecule has 3 aliphatic rings. The molecule has 5 rings (SSSR count). The Balaban J connectivity index is 1.31. The lowest BCUT2D eigenvalue weighted by atomic mass is 9.81. The fraction of sp³-hybridized carbons (Fsp3) is 0.538. The molecule has 0 N–H and O–H groups in total. The predicted molar refractivity (Wildman–Crippen MR) is 122 cm³/mol. The summed E-state index contributed by atoms with van der Waals surface area (Å²) in [5, 5.41) is 0. The minimum absolute atomic E-state index is 0.162. The van der Waals surface area contributed by atoms with Crippen LogP contribution in [0.1, 0.15) is 47.9 Å². The molecule has 0 spiro atoms. The van der Waals surface area contributed by atoms with Crippen LogP contribution >= 0.6 is 0 Å². The molecule has 172 valence electrons. The average molecular weight is 441 g/mol. The second kappa shape index (κ2) is 9.77. The lowest BCUT2D eigenvalue weighted by molar-refractivity contribution is 0.0358. The normalized spacial score (nSPS) is 23.6. The van der Waals surface area contributed by atoms with Crippen LogP contribution in [-0.4, -0.2) is 69.5 Å². The van der Waals surface area contributed by atoms with E-state index in [1.165, 1.54) is 31.1 Å². The van der Waals surface area contributed by atoms with Crippen LogP contribution < -0.4 is 9.47 Å². The second-order valence-electron chi connectivity index (χ2n) is 9.05. The van der Waals surface area contributed by atoms with Crippen LogP contribution in [0.5, 0.6) is 11.5 Å². The Hall–Kier alpha value is -2.15. The first-order chi connectivity index (χ1) is 15.7. The van der Waals surface area contributed by atoms with Crippen molar-refractivity contribution in [2.24, 2.45) is 0 Å². The van der Waals surface area contributed by atoms with Crippen LogP contribution in [0, 0.1) is 5.82 Å². The van der Waals surface area contributed by atoms with Gasteiger partial charge in [0, 0.05) is 38.1 Å². The van der Waals surface area contributed by atoms with Crippen molar-refractivity contribution < 1.29 is 18.6 Å². The molecule has 2 atom stereocenters. The SMILES string of the molecule is COc1ccc([C@H]2CN3CCC[C@@H]3c3cc(OCCCN4CCOCC4)ccc32)cc1F. The Morgan fingerprint density at radius 2 is 1.94 bits per heavy atom. The third-order valence-electron chi connectivity index (χ3n) is 7.14. The molecule has 0 radical (unpaired) electrons. The molecule has 0 unspecified atom stereocenters. The van der Waals surface area contributed by atoms with Gasteiger partial charge in [-0.1, -0.05) is 12.1 Å². The highest BCUT2D eigenvalue weighted by atomic mass is 19.1. The topological polar surface area (TPSA) is 34.2 Å². The number of rotatable bonds is 7. The molecule has 5 nitrogen and oxygen atoms in total. The van der Waals surface area contributed by atoms with Crippen molar-refractivity contribution in [1.29, 1.82) is 0 Å². The molecule has 3 aliphatic heterocycles. The summed E-state index contributed by atoms with van der Waals surface area (Å²) in [4.78, 5) is 4.99. The van der Waals surface area contributed by atoms with Gasteiger partial charge >= 0.3 is 0 Å². The van der Waals surface area contributed by atoms with E-state index in [9.17, 15) is 4.39 Å². The first kappa shape index (κ1) is 21.7. The molecular formula is C26H33FN2O3. The number of halogens is 1. The molecule has 2 aromatic rings. The summed E-state index contributed by atoms with van der Waals surface area (Å²) in [6, 6.07) is 12.4. The number of fused-ring (bicyclic) bond motifs is 3. The van der Waals surface area contributed by atoms with Gasteiger partial charge in [-0.2, -0.15) is 0 Å². The summed E-state index contributed by atoms with van der Waals surface area (Å²) in [7, 11) is 1.51. The summed E-state index contributed by atoms with van der Waals surface area (Å²) >= 11 is 0. The second-order valence-corrected chi connectivity index (χ2v) is 9.05. The Morgan fingerprint density at radius 1 is 1.06 bits per heavy atom. The van der Waals surface area contributed by atoms with E-state index >= 15 is 0 Å². The molecular weight excluding hydrogens is 407 g/mol. The van der Waals surface area contributed by atoms with Gasteiger partial charge < -0.3 is 14.2 Å². The third-order valence-corrected chi connectivity index (χ3v) is 7.14. The van der Waals surface area contributed by atoms with Gasteiger partial charge in [0.05, 0.1) is 26.9 Å². The van der Waals surface area contributed by atoms with Gasteiger partial charge in [-0.25, -0.2) is 4.39 Å². The number of hydrogen-bond acceptors (Lipinski definition) is 5. The number of hydrogen-bond donors (Lipinski definition) is 0. The van der Waals surface area contributed by atoms with E-state index in [2.05, 4.69) is 28.0 Å². The molecule has 0 amide bonds. The Bertz CT molecular complexity index is 931. The highest BCUT2D eigenvalue weighted by Crippen LogP contribution is 2.45. The van der Waals surface area contributed by atoms with Crippen LogP contribution in [0.2, 0.25) is 0 Å². The molecule has 32 heavy (non-hydrogen) atoms. The van der Waals surface area contributed by atoms with Gasteiger partial charge in [-0.15, -0.1) is 0 Å². The van der Waals surface area contributed by atoms with Crippen molar-refractivity contribution in [3.05, 3.63) is 58.9 Å². The highest BCUT2D eigenvalue weighted by molar-refractivity contribution is 5.47. The summed E-state index contributed by atoms with van der Waals surface area (Å²) in [5.41, 5.74) is 3.66. The van der Waals surface area contributed by atoms with Crippen molar-refractivity contribution in [2.45, 2.75) is 31.2 Å². The van der Waals surface area contributed by atoms with Crippen molar-refractivity contribution in [1.82, 2.24) is 9.80 Å². The fourth-order valence-electron chi connectivity index (χ4n) is 5.47. The maximum Gasteiger partial charge on any atom is 0.165 e. The van der Waals surface area contributed by atoms with Crippen LogP contribution in [0.25, 0.3) is 0 Å². The summed E-state index contributed by atoms with van der Waals surface area (Å²) in [5.74, 6) is 1.11. The number of morpholine rings is 1. The van der Waals surface area contributed by atoms with E-state index in [0.29, 0.717) is 11.8 Å². The molecule has 2 fully saturated rings. The molecule has 0 aliphatic carbocycles. The van der Waals surface area contributed by atoms with Gasteiger partial charge in [-0.3, -0.25) is 9.80 Å². The van der Waals surface area contributed by atoms with E-state index in [0.717, 1.165) is 70.3 Å². The Morgan fingerprint density at radius 3 is 2.75 bits per heavy atom. The summed E-state index contributed by atoms with van der Waals surface area (Å²) < 4.78 is 31.1. The minimum atomic E-state index is -0.296. The molecule has 0 aromatic heterocycles. The molecule has 0 bridgehead atoms.